The first kappa shape index (κ1) is 19.5. The lowest BCUT2D eigenvalue weighted by Crippen LogP contribution is -2.37. The van der Waals surface area contributed by atoms with E-state index in [1.807, 2.05) is 0 Å². The van der Waals surface area contributed by atoms with E-state index in [2.05, 4.69) is 15.6 Å². The zero-order chi connectivity index (χ0) is 19.4. The predicted molar refractivity (Wildman–Crippen MR) is 106 cm³/mol. The van der Waals surface area contributed by atoms with Gasteiger partial charge in [-0.05, 0) is 24.3 Å². The van der Waals surface area contributed by atoms with Crippen molar-refractivity contribution >= 4 is 45.0 Å². The molecule has 1 aliphatic heterocycles. The van der Waals surface area contributed by atoms with Gasteiger partial charge in [0.05, 0.1) is 0 Å². The molecule has 0 aliphatic carbocycles. The molecular formula is C17H20N4O4S2. The summed E-state index contributed by atoms with van der Waals surface area (Å²) in [5.41, 5.74) is 1.18. The molecule has 0 saturated carbocycles. The number of benzene rings is 1. The van der Waals surface area contributed by atoms with Crippen LogP contribution in [0, 0.1) is 0 Å². The average molecular weight is 409 g/mol. The number of aromatic amines is 1. The van der Waals surface area contributed by atoms with E-state index >= 15 is 0 Å². The van der Waals surface area contributed by atoms with Crippen LogP contribution >= 0.6 is 11.8 Å². The lowest BCUT2D eigenvalue weighted by Gasteiger charge is -2.24. The van der Waals surface area contributed by atoms with Gasteiger partial charge < -0.3 is 15.6 Å². The van der Waals surface area contributed by atoms with Crippen LogP contribution in [0.2, 0.25) is 0 Å². The Kier molecular flexibility index (Phi) is 5.88. The number of carbonyl (C=O) groups is 2. The van der Waals surface area contributed by atoms with Crippen molar-refractivity contribution in [3.63, 3.8) is 0 Å². The van der Waals surface area contributed by atoms with Crippen molar-refractivity contribution in [1.82, 2.24) is 9.29 Å². The molecule has 0 spiro atoms. The third-order valence-electron chi connectivity index (χ3n) is 3.95. The molecule has 3 rings (SSSR count). The molecule has 0 unspecified atom stereocenters. The summed E-state index contributed by atoms with van der Waals surface area (Å²) in [7, 11) is -3.61. The Hall–Kier alpha value is -2.30. The average Bonchev–Trinajstić information content (AvgIpc) is 3.13. The molecule has 1 aliphatic rings. The van der Waals surface area contributed by atoms with Gasteiger partial charge in [-0.1, -0.05) is 6.07 Å². The van der Waals surface area contributed by atoms with Crippen LogP contribution in [0.25, 0.3) is 0 Å². The molecule has 1 aromatic heterocycles. The van der Waals surface area contributed by atoms with Crippen LogP contribution in [0.15, 0.2) is 41.4 Å². The van der Waals surface area contributed by atoms with E-state index in [0.29, 0.717) is 24.5 Å². The Bertz CT molecular complexity index is 949. The first-order valence-electron chi connectivity index (χ1n) is 8.31. The maximum absolute atomic E-state index is 12.7. The summed E-state index contributed by atoms with van der Waals surface area (Å²) in [6.45, 7) is 2.33. The smallest absolute Gasteiger partial charge is 0.272 e. The molecule has 10 heteroatoms. The summed E-state index contributed by atoms with van der Waals surface area (Å²) in [5, 5.41) is 5.32. The van der Waals surface area contributed by atoms with Gasteiger partial charge in [0.25, 0.3) is 5.91 Å². The number of anilines is 2. The Morgan fingerprint density at radius 3 is 2.44 bits per heavy atom. The van der Waals surface area contributed by atoms with Gasteiger partial charge in [-0.2, -0.15) is 16.1 Å². The molecule has 0 radical (unpaired) electrons. The van der Waals surface area contributed by atoms with Crippen molar-refractivity contribution < 1.29 is 18.0 Å². The molecule has 8 nitrogen and oxygen atoms in total. The second-order valence-electron chi connectivity index (χ2n) is 5.98. The maximum atomic E-state index is 12.7. The van der Waals surface area contributed by atoms with E-state index in [1.54, 1.807) is 36.0 Å². The van der Waals surface area contributed by atoms with Gasteiger partial charge in [0.15, 0.2) is 0 Å². The highest BCUT2D eigenvalue weighted by Crippen LogP contribution is 2.22. The summed E-state index contributed by atoms with van der Waals surface area (Å²) in [5.74, 6) is 0.850. The van der Waals surface area contributed by atoms with E-state index in [-0.39, 0.29) is 16.5 Å². The van der Waals surface area contributed by atoms with E-state index in [4.69, 9.17) is 0 Å². The number of carbonyl (C=O) groups excluding carboxylic acids is 2. The summed E-state index contributed by atoms with van der Waals surface area (Å²) < 4.78 is 26.7. The maximum Gasteiger partial charge on any atom is 0.272 e. The fourth-order valence-electron chi connectivity index (χ4n) is 2.67. The zero-order valence-electron chi connectivity index (χ0n) is 14.7. The highest BCUT2D eigenvalue weighted by atomic mass is 32.2. The lowest BCUT2D eigenvalue weighted by atomic mass is 10.2. The molecule has 2 aromatic rings. The summed E-state index contributed by atoms with van der Waals surface area (Å²) in [6.07, 6.45) is 1.33. The molecule has 1 saturated heterocycles. The Labute approximate surface area is 161 Å². The van der Waals surface area contributed by atoms with Gasteiger partial charge in [-0.3, -0.25) is 9.59 Å². The third kappa shape index (κ3) is 4.71. The van der Waals surface area contributed by atoms with E-state index < -0.39 is 15.9 Å². The van der Waals surface area contributed by atoms with E-state index in [0.717, 1.165) is 11.5 Å². The number of rotatable bonds is 5. The number of sulfonamides is 1. The van der Waals surface area contributed by atoms with E-state index in [1.165, 1.54) is 23.5 Å². The van der Waals surface area contributed by atoms with Gasteiger partial charge in [0, 0.05) is 49.1 Å². The normalized spacial score (nSPS) is 15.3. The molecule has 0 bridgehead atoms. The minimum absolute atomic E-state index is 0.0755. The minimum atomic E-state index is -3.61. The molecule has 3 N–H and O–H groups in total. The molecule has 1 aromatic carbocycles. The van der Waals surface area contributed by atoms with Gasteiger partial charge >= 0.3 is 0 Å². The monoisotopic (exact) mass is 408 g/mol. The van der Waals surface area contributed by atoms with Crippen LogP contribution in [0.3, 0.4) is 0 Å². The molecule has 2 amide bonds. The van der Waals surface area contributed by atoms with Crippen LogP contribution < -0.4 is 10.6 Å². The second-order valence-corrected chi connectivity index (χ2v) is 9.14. The van der Waals surface area contributed by atoms with Crippen molar-refractivity contribution in [3.8, 4) is 0 Å². The van der Waals surface area contributed by atoms with Crippen LogP contribution in [0.1, 0.15) is 17.4 Å². The molecule has 2 heterocycles. The summed E-state index contributed by atoms with van der Waals surface area (Å²) in [6, 6.07) is 8.03. The highest BCUT2D eigenvalue weighted by molar-refractivity contribution is 7.99. The Morgan fingerprint density at radius 2 is 1.78 bits per heavy atom. The number of nitrogens with one attached hydrogen (secondary N) is 3. The number of H-pyrrole nitrogens is 1. The topological polar surface area (TPSA) is 111 Å². The number of nitrogens with zero attached hydrogens (tertiary/aromatic N) is 1. The largest absolute Gasteiger partial charge is 0.356 e. The minimum Gasteiger partial charge on any atom is -0.356 e. The first-order valence-corrected chi connectivity index (χ1v) is 10.9. The molecular weight excluding hydrogens is 388 g/mol. The molecule has 1 fully saturated rings. The van der Waals surface area contributed by atoms with Gasteiger partial charge in [-0.15, -0.1) is 0 Å². The van der Waals surface area contributed by atoms with Gasteiger partial charge in [0.2, 0.25) is 15.9 Å². The first-order chi connectivity index (χ1) is 12.9. The fourth-order valence-corrected chi connectivity index (χ4v) is 5.24. The van der Waals surface area contributed by atoms with Crippen LogP contribution in [-0.2, 0) is 14.8 Å². The quantitative estimate of drug-likeness (QED) is 0.700. The molecule has 0 atom stereocenters. The lowest BCUT2D eigenvalue weighted by molar-refractivity contribution is -0.114. The Balaban J connectivity index is 1.72. The van der Waals surface area contributed by atoms with Crippen molar-refractivity contribution in [1.29, 1.82) is 0 Å². The third-order valence-corrected chi connectivity index (χ3v) is 6.77. The number of aromatic nitrogens is 1. The van der Waals surface area contributed by atoms with Crippen LogP contribution in [0.4, 0.5) is 11.4 Å². The zero-order valence-corrected chi connectivity index (χ0v) is 16.3. The van der Waals surface area contributed by atoms with Crippen molar-refractivity contribution in [2.24, 2.45) is 0 Å². The summed E-state index contributed by atoms with van der Waals surface area (Å²) >= 11 is 1.72. The molecule has 27 heavy (non-hydrogen) atoms. The predicted octanol–water partition coefficient (Wildman–Crippen LogP) is 1.96. The fraction of sp³-hybridized carbons (Fsp3) is 0.294. The van der Waals surface area contributed by atoms with Gasteiger partial charge in [-0.25, -0.2) is 8.42 Å². The highest BCUT2D eigenvalue weighted by Gasteiger charge is 2.27. The second kappa shape index (κ2) is 8.15. The van der Waals surface area contributed by atoms with Crippen molar-refractivity contribution in [2.45, 2.75) is 11.8 Å². The SMILES string of the molecule is CC(=O)Nc1cccc(NC(=O)c2cc(S(=O)(=O)N3CCSCC3)c[nH]2)c1. The van der Waals surface area contributed by atoms with Crippen LogP contribution in [-0.4, -0.2) is 54.1 Å². The van der Waals surface area contributed by atoms with Crippen molar-refractivity contribution in [2.75, 3.05) is 35.2 Å². The summed E-state index contributed by atoms with van der Waals surface area (Å²) in [4.78, 5) is 26.4. The Morgan fingerprint density at radius 1 is 1.11 bits per heavy atom. The standard InChI is InChI=1S/C17H20N4O4S2/c1-12(22)19-13-3-2-4-14(9-13)20-17(23)16-10-15(11-18-16)27(24,25)21-5-7-26-8-6-21/h2-4,9-11,18H,5-8H2,1H3,(H,19,22)(H,20,23). The number of thioether (sulfide) groups is 1. The number of hydrogen-bond acceptors (Lipinski definition) is 5. The number of amides is 2. The van der Waals surface area contributed by atoms with E-state index in [9.17, 15) is 18.0 Å². The van der Waals surface area contributed by atoms with Crippen LogP contribution in [0.5, 0.6) is 0 Å². The molecule has 144 valence electrons. The number of hydrogen-bond donors (Lipinski definition) is 3. The van der Waals surface area contributed by atoms with Gasteiger partial charge in [0.1, 0.15) is 10.6 Å². The van der Waals surface area contributed by atoms with Crippen molar-refractivity contribution in [3.05, 3.63) is 42.2 Å².